The minimum Gasteiger partial charge on any atom is -0.460 e. The number of aromatic nitrogens is 2. The molecule has 2 amide bonds. The zero-order valence-electron chi connectivity index (χ0n) is 18.7. The first-order valence-corrected chi connectivity index (χ1v) is 11.1. The summed E-state index contributed by atoms with van der Waals surface area (Å²) in [5, 5.41) is 7.52. The van der Waals surface area contributed by atoms with Crippen molar-refractivity contribution in [1.82, 2.24) is 14.7 Å². The molecule has 8 nitrogen and oxygen atoms in total. The summed E-state index contributed by atoms with van der Waals surface area (Å²) in [6.45, 7) is 4.11. The first-order valence-electron chi connectivity index (χ1n) is 11.1. The fourth-order valence-electron chi connectivity index (χ4n) is 3.84. The van der Waals surface area contributed by atoms with Crippen molar-refractivity contribution in [2.45, 2.75) is 6.92 Å². The SMILES string of the molecule is Cc1ccc(-c2nn(-c3ccccc3)cc2C(=O)Nc2ccc(C(=O)N3CCOCC3)cc2)o1. The number of carbonyl (C=O) groups is 2. The number of amides is 2. The molecule has 1 aliphatic heterocycles. The molecule has 1 N–H and O–H groups in total. The van der Waals surface area contributed by atoms with E-state index in [1.54, 1.807) is 46.1 Å². The molecule has 0 aliphatic carbocycles. The average molecular weight is 457 g/mol. The molecule has 172 valence electrons. The maximum absolute atomic E-state index is 13.2. The standard InChI is InChI=1S/C26H24N4O4/c1-18-7-12-23(34-18)24-22(17-30(28-24)21-5-3-2-4-6-21)25(31)27-20-10-8-19(9-11-20)26(32)29-13-15-33-16-14-29/h2-12,17H,13-16H2,1H3,(H,27,31). The van der Waals surface area contributed by atoms with Crippen molar-refractivity contribution in [2.24, 2.45) is 0 Å². The van der Waals surface area contributed by atoms with Gasteiger partial charge in [-0.25, -0.2) is 4.68 Å². The molecule has 0 saturated carbocycles. The van der Waals surface area contributed by atoms with Gasteiger partial charge in [0.1, 0.15) is 11.5 Å². The molecular formula is C26H24N4O4. The number of benzene rings is 2. The molecular weight excluding hydrogens is 432 g/mol. The molecule has 0 unspecified atom stereocenters. The van der Waals surface area contributed by atoms with Gasteiger partial charge in [-0.3, -0.25) is 9.59 Å². The average Bonchev–Trinajstić information content (AvgIpc) is 3.52. The van der Waals surface area contributed by atoms with Crippen molar-refractivity contribution < 1.29 is 18.7 Å². The minimum absolute atomic E-state index is 0.0409. The summed E-state index contributed by atoms with van der Waals surface area (Å²) in [6.07, 6.45) is 1.69. The number of anilines is 1. The van der Waals surface area contributed by atoms with E-state index in [1.165, 1.54) is 0 Å². The fraction of sp³-hybridized carbons (Fsp3) is 0.192. The van der Waals surface area contributed by atoms with Crippen LogP contribution in [0.4, 0.5) is 5.69 Å². The quantitative estimate of drug-likeness (QED) is 0.487. The van der Waals surface area contributed by atoms with Gasteiger partial charge in [-0.2, -0.15) is 5.10 Å². The second kappa shape index (κ2) is 9.36. The van der Waals surface area contributed by atoms with Crippen LogP contribution >= 0.6 is 0 Å². The molecule has 3 heterocycles. The molecule has 5 rings (SSSR count). The van der Waals surface area contributed by atoms with Crippen molar-refractivity contribution in [3.05, 3.63) is 89.8 Å². The molecule has 2 aromatic carbocycles. The minimum atomic E-state index is -0.321. The van der Waals surface area contributed by atoms with E-state index in [1.807, 2.05) is 43.3 Å². The summed E-state index contributed by atoms with van der Waals surface area (Å²) in [5.74, 6) is 0.888. The number of furan rings is 1. The van der Waals surface area contributed by atoms with Gasteiger partial charge in [0.25, 0.3) is 11.8 Å². The Morgan fingerprint density at radius 2 is 1.68 bits per heavy atom. The van der Waals surface area contributed by atoms with Crippen molar-refractivity contribution in [2.75, 3.05) is 31.6 Å². The highest BCUT2D eigenvalue weighted by molar-refractivity contribution is 6.08. The number of nitrogens with zero attached hydrogens (tertiary/aromatic N) is 3. The van der Waals surface area contributed by atoms with E-state index in [9.17, 15) is 9.59 Å². The number of para-hydroxylation sites is 1. The van der Waals surface area contributed by atoms with Crippen LogP contribution in [-0.4, -0.2) is 52.8 Å². The number of nitrogens with one attached hydrogen (secondary N) is 1. The number of hydrogen-bond acceptors (Lipinski definition) is 5. The Morgan fingerprint density at radius 1 is 0.941 bits per heavy atom. The maximum atomic E-state index is 13.2. The van der Waals surface area contributed by atoms with Crippen LogP contribution in [0, 0.1) is 6.92 Å². The number of carbonyl (C=O) groups excluding carboxylic acids is 2. The number of rotatable bonds is 5. The number of morpholine rings is 1. The molecule has 0 radical (unpaired) electrons. The summed E-state index contributed by atoms with van der Waals surface area (Å²) in [7, 11) is 0. The largest absolute Gasteiger partial charge is 0.460 e. The van der Waals surface area contributed by atoms with Gasteiger partial charge in [0.05, 0.1) is 24.5 Å². The van der Waals surface area contributed by atoms with Gasteiger partial charge in [0.2, 0.25) is 0 Å². The Morgan fingerprint density at radius 3 is 2.35 bits per heavy atom. The Bertz CT molecular complexity index is 1300. The van der Waals surface area contributed by atoms with E-state index in [4.69, 9.17) is 9.15 Å². The van der Waals surface area contributed by atoms with E-state index >= 15 is 0 Å². The lowest BCUT2D eigenvalue weighted by Gasteiger charge is -2.26. The van der Waals surface area contributed by atoms with Crippen LogP contribution < -0.4 is 5.32 Å². The van der Waals surface area contributed by atoms with Gasteiger partial charge < -0.3 is 19.4 Å². The lowest BCUT2D eigenvalue weighted by Crippen LogP contribution is -2.40. The first kappa shape index (κ1) is 21.7. The summed E-state index contributed by atoms with van der Waals surface area (Å²) >= 11 is 0. The molecule has 1 fully saturated rings. The van der Waals surface area contributed by atoms with Crippen molar-refractivity contribution >= 4 is 17.5 Å². The second-order valence-corrected chi connectivity index (χ2v) is 8.02. The van der Waals surface area contributed by atoms with Gasteiger partial charge >= 0.3 is 0 Å². The lowest BCUT2D eigenvalue weighted by molar-refractivity contribution is 0.0303. The van der Waals surface area contributed by atoms with Gasteiger partial charge in [-0.05, 0) is 55.5 Å². The van der Waals surface area contributed by atoms with E-state index < -0.39 is 0 Å². The van der Waals surface area contributed by atoms with Crippen LogP contribution in [0.25, 0.3) is 17.1 Å². The zero-order chi connectivity index (χ0) is 23.5. The lowest BCUT2D eigenvalue weighted by atomic mass is 10.1. The third-order valence-electron chi connectivity index (χ3n) is 5.64. The molecule has 0 spiro atoms. The van der Waals surface area contributed by atoms with Gasteiger partial charge in [-0.1, -0.05) is 18.2 Å². The highest BCUT2D eigenvalue weighted by Crippen LogP contribution is 2.26. The van der Waals surface area contributed by atoms with E-state index in [0.29, 0.717) is 54.6 Å². The van der Waals surface area contributed by atoms with E-state index in [2.05, 4.69) is 10.4 Å². The zero-order valence-corrected chi connectivity index (χ0v) is 18.7. The molecule has 1 saturated heterocycles. The third-order valence-corrected chi connectivity index (χ3v) is 5.64. The molecule has 2 aromatic heterocycles. The van der Waals surface area contributed by atoms with Gasteiger partial charge in [0, 0.05) is 30.5 Å². The molecule has 0 bridgehead atoms. The normalized spacial score (nSPS) is 13.6. The molecule has 1 aliphatic rings. The van der Waals surface area contributed by atoms with Crippen LogP contribution in [0.3, 0.4) is 0 Å². The Labute approximate surface area is 196 Å². The Balaban J connectivity index is 1.38. The van der Waals surface area contributed by atoms with E-state index in [0.717, 1.165) is 11.4 Å². The third kappa shape index (κ3) is 4.49. The highest BCUT2D eigenvalue weighted by Gasteiger charge is 2.22. The fourth-order valence-corrected chi connectivity index (χ4v) is 3.84. The summed E-state index contributed by atoms with van der Waals surface area (Å²) in [4.78, 5) is 27.7. The molecule has 34 heavy (non-hydrogen) atoms. The van der Waals surface area contributed by atoms with Crippen LogP contribution in [0.5, 0.6) is 0 Å². The predicted octanol–water partition coefficient (Wildman–Crippen LogP) is 4.17. The number of hydrogen-bond donors (Lipinski definition) is 1. The molecule has 0 atom stereocenters. The van der Waals surface area contributed by atoms with Crippen molar-refractivity contribution in [1.29, 1.82) is 0 Å². The Hall–Kier alpha value is -4.17. The molecule has 8 heteroatoms. The van der Waals surface area contributed by atoms with Crippen molar-refractivity contribution in [3.63, 3.8) is 0 Å². The van der Waals surface area contributed by atoms with E-state index in [-0.39, 0.29) is 11.8 Å². The van der Waals surface area contributed by atoms with Crippen molar-refractivity contribution in [3.8, 4) is 17.1 Å². The number of ether oxygens (including phenoxy) is 1. The smallest absolute Gasteiger partial charge is 0.259 e. The van der Waals surface area contributed by atoms with Crippen LogP contribution in [0.2, 0.25) is 0 Å². The maximum Gasteiger partial charge on any atom is 0.259 e. The summed E-state index contributed by atoms with van der Waals surface area (Å²) < 4.78 is 12.7. The highest BCUT2D eigenvalue weighted by atomic mass is 16.5. The number of aryl methyl sites for hydroxylation is 1. The molecule has 4 aromatic rings. The van der Waals surface area contributed by atoms with Gasteiger partial charge in [0.15, 0.2) is 5.76 Å². The second-order valence-electron chi connectivity index (χ2n) is 8.02. The predicted molar refractivity (Wildman–Crippen MR) is 127 cm³/mol. The topological polar surface area (TPSA) is 89.6 Å². The summed E-state index contributed by atoms with van der Waals surface area (Å²) in [5.41, 5.74) is 2.82. The van der Waals surface area contributed by atoms with Crippen LogP contribution in [0.1, 0.15) is 26.5 Å². The van der Waals surface area contributed by atoms with Gasteiger partial charge in [-0.15, -0.1) is 0 Å². The first-order chi connectivity index (χ1) is 16.6. The van der Waals surface area contributed by atoms with Crippen LogP contribution in [0.15, 0.2) is 77.3 Å². The Kier molecular flexibility index (Phi) is 5.97. The van der Waals surface area contributed by atoms with Crippen LogP contribution in [-0.2, 0) is 4.74 Å². The summed E-state index contributed by atoms with van der Waals surface area (Å²) in [6, 6.07) is 20.1. The monoisotopic (exact) mass is 456 g/mol.